The lowest BCUT2D eigenvalue weighted by molar-refractivity contribution is 0.918. The first kappa shape index (κ1) is 15.1. The highest BCUT2D eigenvalue weighted by Gasteiger charge is 2.02. The highest BCUT2D eigenvalue weighted by atomic mass is 14.8. The lowest BCUT2D eigenvalue weighted by atomic mass is 10.1. The Balaban J connectivity index is 3.20. The number of rotatable bonds is 6. The van der Waals surface area contributed by atoms with Crippen molar-refractivity contribution in [2.75, 3.05) is 13.6 Å². The fraction of sp³-hybridized carbons (Fsp3) is 0.235. The van der Waals surface area contributed by atoms with Gasteiger partial charge in [0.1, 0.15) is 0 Å². The lowest BCUT2D eigenvalue weighted by Gasteiger charge is -2.06. The molecule has 1 aromatic carbocycles. The molecule has 0 aromatic heterocycles. The SMILES string of the molecule is C=CC(=C\CNC)/C(C=C)=N/c1cc(C)ccc1C. The molecule has 0 radical (unpaired) electrons. The molecule has 0 heterocycles. The van der Waals surface area contributed by atoms with Crippen LogP contribution in [0.1, 0.15) is 11.1 Å². The van der Waals surface area contributed by atoms with Crippen LogP contribution in [0, 0.1) is 13.8 Å². The fourth-order valence-corrected chi connectivity index (χ4v) is 1.70. The van der Waals surface area contributed by atoms with Crippen molar-refractivity contribution >= 4 is 11.4 Å². The van der Waals surface area contributed by atoms with E-state index in [1.165, 1.54) is 5.56 Å². The Bertz CT molecular complexity index is 522. The van der Waals surface area contributed by atoms with Gasteiger partial charge in [-0.1, -0.05) is 37.4 Å². The molecule has 0 spiro atoms. The second-order valence-corrected chi connectivity index (χ2v) is 4.41. The lowest BCUT2D eigenvalue weighted by Crippen LogP contribution is -2.07. The molecule has 1 rings (SSSR count). The van der Waals surface area contributed by atoms with Gasteiger partial charge in [-0.15, -0.1) is 0 Å². The molecule has 2 heteroatoms. The summed E-state index contributed by atoms with van der Waals surface area (Å²) in [6, 6.07) is 6.25. The summed E-state index contributed by atoms with van der Waals surface area (Å²) in [7, 11) is 1.91. The molecule has 100 valence electrons. The maximum atomic E-state index is 4.69. The fourth-order valence-electron chi connectivity index (χ4n) is 1.70. The van der Waals surface area contributed by atoms with E-state index in [4.69, 9.17) is 4.99 Å². The minimum Gasteiger partial charge on any atom is -0.316 e. The third kappa shape index (κ3) is 4.34. The number of likely N-dealkylation sites (N-methyl/N-ethyl adjacent to an activating group) is 1. The molecular formula is C17H22N2. The van der Waals surface area contributed by atoms with E-state index in [1.54, 1.807) is 6.08 Å². The molecule has 2 nitrogen and oxygen atoms in total. The molecule has 1 N–H and O–H groups in total. The monoisotopic (exact) mass is 254 g/mol. The van der Waals surface area contributed by atoms with E-state index in [-0.39, 0.29) is 0 Å². The summed E-state index contributed by atoms with van der Waals surface area (Å²) in [5, 5.41) is 3.08. The first-order valence-electron chi connectivity index (χ1n) is 6.38. The summed E-state index contributed by atoms with van der Waals surface area (Å²) in [6.07, 6.45) is 5.63. The van der Waals surface area contributed by atoms with Crippen LogP contribution < -0.4 is 5.32 Å². The Hall–Kier alpha value is -1.93. The molecule has 0 saturated heterocycles. The van der Waals surface area contributed by atoms with Gasteiger partial charge in [0.2, 0.25) is 0 Å². The summed E-state index contributed by atoms with van der Waals surface area (Å²) >= 11 is 0. The Morgan fingerprint density at radius 3 is 2.58 bits per heavy atom. The van der Waals surface area contributed by atoms with Crippen LogP contribution in [-0.2, 0) is 0 Å². The highest BCUT2D eigenvalue weighted by Crippen LogP contribution is 2.21. The van der Waals surface area contributed by atoms with Gasteiger partial charge in [-0.3, -0.25) is 0 Å². The molecule has 0 atom stereocenters. The van der Waals surface area contributed by atoms with E-state index < -0.39 is 0 Å². The van der Waals surface area contributed by atoms with Crippen LogP contribution in [0.5, 0.6) is 0 Å². The molecule has 0 aliphatic rings. The van der Waals surface area contributed by atoms with Crippen molar-refractivity contribution in [2.45, 2.75) is 13.8 Å². The maximum absolute atomic E-state index is 4.69. The molecule has 19 heavy (non-hydrogen) atoms. The number of nitrogens with zero attached hydrogens (tertiary/aromatic N) is 1. The second-order valence-electron chi connectivity index (χ2n) is 4.41. The number of hydrogen-bond donors (Lipinski definition) is 1. The Kier molecular flexibility index (Phi) is 5.97. The van der Waals surface area contributed by atoms with Crippen LogP contribution in [0.2, 0.25) is 0 Å². The summed E-state index contributed by atoms with van der Waals surface area (Å²) in [6.45, 7) is 12.6. The molecule has 0 aliphatic carbocycles. The van der Waals surface area contributed by atoms with Crippen molar-refractivity contribution in [3.05, 3.63) is 66.3 Å². The van der Waals surface area contributed by atoms with E-state index in [9.17, 15) is 0 Å². The molecule has 0 unspecified atom stereocenters. The van der Waals surface area contributed by atoms with Gasteiger partial charge in [0, 0.05) is 6.54 Å². The zero-order valence-corrected chi connectivity index (χ0v) is 12.0. The van der Waals surface area contributed by atoms with Crippen molar-refractivity contribution < 1.29 is 0 Å². The Morgan fingerprint density at radius 1 is 1.26 bits per heavy atom. The van der Waals surface area contributed by atoms with Gasteiger partial charge >= 0.3 is 0 Å². The van der Waals surface area contributed by atoms with Gasteiger partial charge in [0.25, 0.3) is 0 Å². The largest absolute Gasteiger partial charge is 0.316 e. The number of allylic oxidation sites excluding steroid dienone is 3. The minimum atomic E-state index is 0.779. The normalized spacial score (nSPS) is 12.4. The van der Waals surface area contributed by atoms with Crippen LogP contribution in [0.3, 0.4) is 0 Å². The molecule has 1 aromatic rings. The van der Waals surface area contributed by atoms with Gasteiger partial charge in [0.15, 0.2) is 0 Å². The number of nitrogens with one attached hydrogen (secondary N) is 1. The van der Waals surface area contributed by atoms with Gasteiger partial charge < -0.3 is 5.32 Å². The van der Waals surface area contributed by atoms with Crippen molar-refractivity contribution in [3.63, 3.8) is 0 Å². The highest BCUT2D eigenvalue weighted by molar-refractivity contribution is 6.11. The second kappa shape index (κ2) is 7.49. The van der Waals surface area contributed by atoms with E-state index >= 15 is 0 Å². The predicted octanol–water partition coefficient (Wildman–Crippen LogP) is 3.89. The molecule has 0 saturated carbocycles. The zero-order valence-electron chi connectivity index (χ0n) is 12.0. The molecule has 0 aliphatic heterocycles. The summed E-state index contributed by atoms with van der Waals surface area (Å²) in [4.78, 5) is 4.69. The Labute approximate surface area is 116 Å². The number of benzene rings is 1. The quantitative estimate of drug-likeness (QED) is 0.604. The topological polar surface area (TPSA) is 24.4 Å². The third-order valence-corrected chi connectivity index (χ3v) is 2.84. The van der Waals surface area contributed by atoms with Gasteiger partial charge in [-0.05, 0) is 49.7 Å². The van der Waals surface area contributed by atoms with Crippen LogP contribution in [0.25, 0.3) is 0 Å². The molecule has 0 amide bonds. The summed E-state index contributed by atoms with van der Waals surface area (Å²) in [5.41, 5.74) is 5.17. The van der Waals surface area contributed by atoms with E-state index in [0.717, 1.165) is 29.1 Å². The number of aliphatic imine (C=N–C) groups is 1. The van der Waals surface area contributed by atoms with Gasteiger partial charge in [-0.25, -0.2) is 4.99 Å². The van der Waals surface area contributed by atoms with Crippen molar-refractivity contribution in [1.29, 1.82) is 0 Å². The van der Waals surface area contributed by atoms with Crippen LogP contribution in [0.4, 0.5) is 5.69 Å². The number of aryl methyl sites for hydroxylation is 2. The van der Waals surface area contributed by atoms with E-state index in [0.29, 0.717) is 0 Å². The van der Waals surface area contributed by atoms with E-state index in [2.05, 4.69) is 56.6 Å². The third-order valence-electron chi connectivity index (χ3n) is 2.84. The first-order valence-corrected chi connectivity index (χ1v) is 6.38. The van der Waals surface area contributed by atoms with E-state index in [1.807, 2.05) is 13.1 Å². The summed E-state index contributed by atoms with van der Waals surface area (Å²) in [5.74, 6) is 0. The summed E-state index contributed by atoms with van der Waals surface area (Å²) < 4.78 is 0. The maximum Gasteiger partial charge on any atom is 0.0700 e. The van der Waals surface area contributed by atoms with Crippen molar-refractivity contribution in [3.8, 4) is 0 Å². The molecular weight excluding hydrogens is 232 g/mol. The minimum absolute atomic E-state index is 0.779. The van der Waals surface area contributed by atoms with Gasteiger partial charge in [0.05, 0.1) is 11.4 Å². The Morgan fingerprint density at radius 2 is 2.00 bits per heavy atom. The van der Waals surface area contributed by atoms with Crippen molar-refractivity contribution in [2.24, 2.45) is 4.99 Å². The van der Waals surface area contributed by atoms with Gasteiger partial charge in [-0.2, -0.15) is 0 Å². The molecule has 0 bridgehead atoms. The molecule has 0 fully saturated rings. The van der Waals surface area contributed by atoms with Crippen LogP contribution in [0.15, 0.2) is 60.2 Å². The smallest absolute Gasteiger partial charge is 0.0700 e. The average molecular weight is 254 g/mol. The van der Waals surface area contributed by atoms with Crippen LogP contribution in [-0.4, -0.2) is 19.3 Å². The predicted molar refractivity (Wildman–Crippen MR) is 85.4 cm³/mol. The van der Waals surface area contributed by atoms with Crippen LogP contribution >= 0.6 is 0 Å². The number of hydrogen-bond acceptors (Lipinski definition) is 2. The first-order chi connectivity index (χ1) is 9.12. The van der Waals surface area contributed by atoms with Crippen molar-refractivity contribution in [1.82, 2.24) is 5.32 Å². The average Bonchev–Trinajstić information content (AvgIpc) is 2.41. The standard InChI is InChI=1S/C17H22N2/c1-6-15(10-11-18-5)16(7-2)19-17-12-13(3)8-9-14(17)4/h6-10,12,18H,1-2,11H2,3-5H3/b15-10+,19-16+. The zero-order chi connectivity index (χ0) is 14.3.